The largest absolute Gasteiger partial charge is 0.446 e. The zero-order valence-electron chi connectivity index (χ0n) is 12.1. The molecule has 0 bridgehead atoms. The number of cyclic esters (lactones) is 1. The first-order valence-corrected chi connectivity index (χ1v) is 7.38. The summed E-state index contributed by atoms with van der Waals surface area (Å²) in [6.45, 7) is 2.30. The van der Waals surface area contributed by atoms with Crippen molar-refractivity contribution in [2.75, 3.05) is 6.61 Å². The normalized spacial score (nSPS) is 28.5. The Kier molecular flexibility index (Phi) is 3.78. The van der Waals surface area contributed by atoms with Crippen molar-refractivity contribution in [2.45, 2.75) is 25.8 Å². The maximum Gasteiger partial charge on any atom is 0.417 e. The van der Waals surface area contributed by atoms with Gasteiger partial charge in [0.1, 0.15) is 12.6 Å². The highest BCUT2D eigenvalue weighted by molar-refractivity contribution is 5.95. The fraction of sp³-hybridized carbons (Fsp3) is 0.412. The number of amides is 2. The summed E-state index contributed by atoms with van der Waals surface area (Å²) >= 11 is 0. The molecule has 1 aromatic rings. The predicted octanol–water partition coefficient (Wildman–Crippen LogP) is 3.31. The number of imide groups is 1. The Labute approximate surface area is 124 Å². The minimum absolute atomic E-state index is 0.108. The Morgan fingerprint density at radius 1 is 1.19 bits per heavy atom. The molecule has 1 fully saturated rings. The summed E-state index contributed by atoms with van der Waals surface area (Å²) in [5.41, 5.74) is 0.940. The first-order chi connectivity index (χ1) is 10.2. The molecule has 1 aliphatic heterocycles. The van der Waals surface area contributed by atoms with Gasteiger partial charge in [-0.1, -0.05) is 49.4 Å². The summed E-state index contributed by atoms with van der Waals surface area (Å²) in [5, 5.41) is 0. The van der Waals surface area contributed by atoms with E-state index in [2.05, 4.69) is 13.0 Å². The molecule has 1 aliphatic carbocycles. The maximum absolute atomic E-state index is 12.8. The van der Waals surface area contributed by atoms with Crippen LogP contribution in [0.5, 0.6) is 0 Å². The number of carbonyl (C=O) groups excluding carboxylic acids is 2. The molecule has 1 heterocycles. The van der Waals surface area contributed by atoms with Crippen molar-refractivity contribution < 1.29 is 14.3 Å². The second kappa shape index (κ2) is 5.72. The molecule has 2 aliphatic rings. The smallest absolute Gasteiger partial charge is 0.417 e. The van der Waals surface area contributed by atoms with Crippen LogP contribution in [0.4, 0.5) is 4.79 Å². The average molecular weight is 285 g/mol. The minimum atomic E-state index is -0.518. The summed E-state index contributed by atoms with van der Waals surface area (Å²) in [7, 11) is 0. The van der Waals surface area contributed by atoms with Crippen molar-refractivity contribution in [1.29, 1.82) is 0 Å². The predicted molar refractivity (Wildman–Crippen MR) is 78.4 cm³/mol. The van der Waals surface area contributed by atoms with E-state index >= 15 is 0 Å². The third-order valence-corrected chi connectivity index (χ3v) is 4.36. The first-order valence-electron chi connectivity index (χ1n) is 7.38. The lowest BCUT2D eigenvalue weighted by Gasteiger charge is -2.29. The number of ether oxygens (including phenoxy) is 1. The number of rotatable bonds is 2. The molecule has 4 nitrogen and oxygen atoms in total. The zero-order chi connectivity index (χ0) is 14.8. The van der Waals surface area contributed by atoms with E-state index in [4.69, 9.17) is 4.74 Å². The molecule has 1 aromatic carbocycles. The van der Waals surface area contributed by atoms with Crippen molar-refractivity contribution in [2.24, 2.45) is 11.8 Å². The van der Waals surface area contributed by atoms with Gasteiger partial charge in [-0.15, -0.1) is 0 Å². The summed E-state index contributed by atoms with van der Waals surface area (Å²) < 4.78 is 5.13. The lowest BCUT2D eigenvalue weighted by molar-refractivity contribution is -0.135. The molecule has 110 valence electrons. The molecule has 0 radical (unpaired) electrons. The molecular weight excluding hydrogens is 266 g/mol. The molecular formula is C17H19NO3. The van der Waals surface area contributed by atoms with E-state index in [0.29, 0.717) is 6.42 Å². The van der Waals surface area contributed by atoms with Crippen LogP contribution >= 0.6 is 0 Å². The third-order valence-electron chi connectivity index (χ3n) is 4.36. The van der Waals surface area contributed by atoms with Gasteiger partial charge in [0.15, 0.2) is 0 Å². The van der Waals surface area contributed by atoms with Crippen LogP contribution in [0.3, 0.4) is 0 Å². The Morgan fingerprint density at radius 2 is 1.90 bits per heavy atom. The average Bonchev–Trinajstić information content (AvgIpc) is 2.90. The molecule has 0 spiro atoms. The van der Waals surface area contributed by atoms with Gasteiger partial charge >= 0.3 is 6.09 Å². The van der Waals surface area contributed by atoms with E-state index < -0.39 is 6.09 Å². The van der Waals surface area contributed by atoms with Gasteiger partial charge in [0, 0.05) is 5.92 Å². The highest BCUT2D eigenvalue weighted by Crippen LogP contribution is 2.33. The number of allylic oxidation sites excluding steroid dienone is 2. The Morgan fingerprint density at radius 3 is 2.62 bits per heavy atom. The summed E-state index contributed by atoms with van der Waals surface area (Å²) in [6.07, 6.45) is 5.20. The first kappa shape index (κ1) is 13.9. The highest BCUT2D eigenvalue weighted by Gasteiger charge is 2.42. The van der Waals surface area contributed by atoms with E-state index in [1.165, 1.54) is 4.90 Å². The Hall–Kier alpha value is -2.10. The van der Waals surface area contributed by atoms with E-state index in [1.54, 1.807) is 0 Å². The SMILES string of the molecule is C[C@@H]1CC=CC[C@H]1C(=O)N1C(=O)OC[C@H]1c1ccccc1. The molecule has 0 saturated carbocycles. The fourth-order valence-corrected chi connectivity index (χ4v) is 3.06. The molecule has 0 unspecified atom stereocenters. The van der Waals surface area contributed by atoms with Gasteiger partial charge in [-0.3, -0.25) is 4.79 Å². The van der Waals surface area contributed by atoms with Crippen molar-refractivity contribution in [1.82, 2.24) is 4.90 Å². The summed E-state index contributed by atoms with van der Waals surface area (Å²) in [4.78, 5) is 26.1. The van der Waals surface area contributed by atoms with Crippen LogP contribution in [0.2, 0.25) is 0 Å². The van der Waals surface area contributed by atoms with Crippen LogP contribution in [0.25, 0.3) is 0 Å². The Bertz CT molecular complexity index is 567. The zero-order valence-corrected chi connectivity index (χ0v) is 12.1. The van der Waals surface area contributed by atoms with Crippen molar-refractivity contribution in [3.63, 3.8) is 0 Å². The van der Waals surface area contributed by atoms with Crippen molar-refractivity contribution >= 4 is 12.0 Å². The number of carbonyl (C=O) groups is 2. The van der Waals surface area contributed by atoms with Crippen LogP contribution in [-0.2, 0) is 9.53 Å². The quantitative estimate of drug-likeness (QED) is 0.783. The molecule has 21 heavy (non-hydrogen) atoms. The molecule has 2 amide bonds. The van der Waals surface area contributed by atoms with Crippen molar-refractivity contribution in [3.05, 3.63) is 48.0 Å². The lowest BCUT2D eigenvalue weighted by Crippen LogP contribution is -2.41. The van der Waals surface area contributed by atoms with Crippen LogP contribution in [0, 0.1) is 11.8 Å². The van der Waals surface area contributed by atoms with Crippen LogP contribution in [0.1, 0.15) is 31.4 Å². The van der Waals surface area contributed by atoms with Crippen LogP contribution in [0.15, 0.2) is 42.5 Å². The second-order valence-corrected chi connectivity index (χ2v) is 5.74. The molecule has 3 rings (SSSR count). The van der Waals surface area contributed by atoms with Gasteiger partial charge < -0.3 is 4.74 Å². The lowest BCUT2D eigenvalue weighted by atomic mass is 9.83. The third kappa shape index (κ3) is 2.58. The second-order valence-electron chi connectivity index (χ2n) is 5.74. The number of nitrogens with zero attached hydrogens (tertiary/aromatic N) is 1. The molecule has 0 aromatic heterocycles. The van der Waals surface area contributed by atoms with E-state index in [9.17, 15) is 9.59 Å². The monoisotopic (exact) mass is 285 g/mol. The van der Waals surface area contributed by atoms with Crippen molar-refractivity contribution in [3.8, 4) is 0 Å². The van der Waals surface area contributed by atoms with E-state index in [-0.39, 0.29) is 30.4 Å². The maximum atomic E-state index is 12.8. The number of hydrogen-bond acceptors (Lipinski definition) is 3. The minimum Gasteiger partial charge on any atom is -0.446 e. The summed E-state index contributed by atoms with van der Waals surface area (Å²) in [5.74, 6) is 0.0161. The Balaban J connectivity index is 1.86. The van der Waals surface area contributed by atoms with Gasteiger partial charge in [0.05, 0.1) is 0 Å². The highest BCUT2D eigenvalue weighted by atomic mass is 16.6. The van der Waals surface area contributed by atoms with E-state index in [1.807, 2.05) is 36.4 Å². The van der Waals surface area contributed by atoms with Gasteiger partial charge in [-0.25, -0.2) is 9.69 Å². The molecule has 4 heteroatoms. The molecule has 0 N–H and O–H groups in total. The van der Waals surface area contributed by atoms with Gasteiger partial charge in [-0.2, -0.15) is 0 Å². The fourth-order valence-electron chi connectivity index (χ4n) is 3.06. The topological polar surface area (TPSA) is 46.6 Å². The molecule has 1 saturated heterocycles. The van der Waals surface area contributed by atoms with Gasteiger partial charge in [0.25, 0.3) is 0 Å². The van der Waals surface area contributed by atoms with Crippen LogP contribution in [-0.4, -0.2) is 23.5 Å². The number of hydrogen-bond donors (Lipinski definition) is 0. The molecule has 3 atom stereocenters. The van der Waals surface area contributed by atoms with Gasteiger partial charge in [0.2, 0.25) is 5.91 Å². The standard InChI is InChI=1S/C17H19NO3/c1-12-7-5-6-10-14(12)16(19)18-15(11-21-17(18)20)13-8-3-2-4-9-13/h2-6,8-9,12,14-15H,7,10-11H2,1H3/t12-,14-,15+/m1/s1. The van der Waals surface area contributed by atoms with Gasteiger partial charge in [-0.05, 0) is 24.3 Å². The van der Waals surface area contributed by atoms with E-state index in [0.717, 1.165) is 12.0 Å². The number of benzene rings is 1. The van der Waals surface area contributed by atoms with Crippen LogP contribution < -0.4 is 0 Å². The summed E-state index contributed by atoms with van der Waals surface area (Å²) in [6, 6.07) is 9.29.